The van der Waals surface area contributed by atoms with E-state index in [0.29, 0.717) is 61.2 Å². The van der Waals surface area contributed by atoms with Gasteiger partial charge in [-0.15, -0.1) is 0 Å². The normalized spacial score (nSPS) is 14.4. The number of hydrogen-bond donors (Lipinski definition) is 1. The first kappa shape index (κ1) is 20.8. The molecule has 2 aromatic carbocycles. The van der Waals surface area contributed by atoms with Crippen LogP contribution < -0.4 is 19.5 Å². The molecule has 3 aromatic rings. The number of carbonyl (C=O) groups excluding carboxylic acids is 2. The Balaban J connectivity index is 1.22. The molecule has 0 spiro atoms. The summed E-state index contributed by atoms with van der Waals surface area (Å²) in [7, 11) is 0. The maximum absolute atomic E-state index is 13.0. The number of anilines is 1. The van der Waals surface area contributed by atoms with Crippen molar-refractivity contribution in [1.82, 2.24) is 9.88 Å². The molecule has 33 heavy (non-hydrogen) atoms. The van der Waals surface area contributed by atoms with E-state index in [4.69, 9.17) is 14.2 Å². The third kappa shape index (κ3) is 4.59. The van der Waals surface area contributed by atoms with Gasteiger partial charge in [0, 0.05) is 48.4 Å². The van der Waals surface area contributed by atoms with Crippen LogP contribution in [0.1, 0.15) is 21.5 Å². The second-order valence-corrected chi connectivity index (χ2v) is 7.82. The molecule has 8 heteroatoms. The van der Waals surface area contributed by atoms with Gasteiger partial charge in [-0.1, -0.05) is 12.1 Å². The number of carbonyl (C=O) groups is 2. The number of nitrogens with zero attached hydrogens (tertiary/aromatic N) is 2. The third-order valence-electron chi connectivity index (χ3n) is 5.56. The number of fused-ring (bicyclic) bond motifs is 2. The van der Waals surface area contributed by atoms with Gasteiger partial charge in [0.05, 0.1) is 0 Å². The largest absolute Gasteiger partial charge is 0.486 e. The summed E-state index contributed by atoms with van der Waals surface area (Å²) in [5.41, 5.74) is 3.02. The molecule has 0 saturated heterocycles. The molecule has 2 amide bonds. The summed E-state index contributed by atoms with van der Waals surface area (Å²) in [4.78, 5) is 31.4. The summed E-state index contributed by atoms with van der Waals surface area (Å²) in [6, 6.07) is 14.4. The number of hydrogen-bond acceptors (Lipinski definition) is 6. The molecule has 1 aromatic heterocycles. The van der Waals surface area contributed by atoms with Crippen molar-refractivity contribution in [2.24, 2.45) is 0 Å². The van der Waals surface area contributed by atoms with Crippen LogP contribution in [0.25, 0.3) is 0 Å². The standard InChI is InChI=1S/C25H23N3O5/c29-24(27-18-6-7-22-23(13-18)32-12-11-31-22)16-33-21-5-1-4-20-19(21)8-10-28(25(20)30)15-17-3-2-9-26-14-17/h1-7,9,13-14H,8,10-12,15-16H2,(H,27,29). The first-order valence-electron chi connectivity index (χ1n) is 10.8. The third-order valence-corrected chi connectivity index (χ3v) is 5.56. The van der Waals surface area contributed by atoms with Crippen molar-refractivity contribution in [2.75, 3.05) is 31.7 Å². The van der Waals surface area contributed by atoms with Crippen LogP contribution in [0.2, 0.25) is 0 Å². The summed E-state index contributed by atoms with van der Waals surface area (Å²) in [6.07, 6.45) is 4.13. The molecule has 3 heterocycles. The van der Waals surface area contributed by atoms with Gasteiger partial charge in [0.2, 0.25) is 0 Å². The molecule has 2 aliphatic heterocycles. The van der Waals surface area contributed by atoms with Gasteiger partial charge in [-0.25, -0.2) is 0 Å². The second kappa shape index (κ2) is 9.20. The zero-order valence-electron chi connectivity index (χ0n) is 18.0. The molecule has 0 unspecified atom stereocenters. The van der Waals surface area contributed by atoms with Gasteiger partial charge in [-0.05, 0) is 42.3 Å². The molecule has 0 bridgehead atoms. The van der Waals surface area contributed by atoms with Gasteiger partial charge in [0.15, 0.2) is 18.1 Å². The predicted octanol–water partition coefficient (Wildman–Crippen LogP) is 3.07. The van der Waals surface area contributed by atoms with Crippen LogP contribution >= 0.6 is 0 Å². The highest BCUT2D eigenvalue weighted by Gasteiger charge is 2.27. The lowest BCUT2D eigenvalue weighted by atomic mass is 9.97. The Bertz CT molecular complexity index is 1180. The molecule has 1 N–H and O–H groups in total. The summed E-state index contributed by atoms with van der Waals surface area (Å²) < 4.78 is 16.8. The van der Waals surface area contributed by atoms with E-state index in [0.717, 1.165) is 11.1 Å². The van der Waals surface area contributed by atoms with Crippen LogP contribution in [0, 0.1) is 0 Å². The smallest absolute Gasteiger partial charge is 0.262 e. The fourth-order valence-corrected chi connectivity index (χ4v) is 4.00. The molecule has 8 nitrogen and oxygen atoms in total. The number of amides is 2. The Labute approximate surface area is 191 Å². The summed E-state index contributed by atoms with van der Waals surface area (Å²) >= 11 is 0. The molecule has 5 rings (SSSR count). The zero-order chi connectivity index (χ0) is 22.6. The number of aromatic nitrogens is 1. The average Bonchev–Trinajstić information content (AvgIpc) is 2.85. The van der Waals surface area contributed by atoms with Gasteiger partial charge >= 0.3 is 0 Å². The molecule has 0 fully saturated rings. The highest BCUT2D eigenvalue weighted by Crippen LogP contribution is 2.33. The van der Waals surface area contributed by atoms with E-state index in [1.54, 1.807) is 53.7 Å². The minimum Gasteiger partial charge on any atom is -0.486 e. The van der Waals surface area contributed by atoms with Crippen molar-refractivity contribution in [3.05, 3.63) is 77.6 Å². The van der Waals surface area contributed by atoms with E-state index >= 15 is 0 Å². The van der Waals surface area contributed by atoms with Gasteiger partial charge in [-0.2, -0.15) is 0 Å². The van der Waals surface area contributed by atoms with Crippen molar-refractivity contribution in [2.45, 2.75) is 13.0 Å². The SMILES string of the molecule is O=C(COc1cccc2c1CCN(Cc1cccnc1)C2=O)Nc1ccc2c(c1)OCCO2. The van der Waals surface area contributed by atoms with Gasteiger partial charge in [0.25, 0.3) is 11.8 Å². The van der Waals surface area contributed by atoms with Crippen LogP contribution in [0.5, 0.6) is 17.2 Å². The molecular formula is C25H23N3O5. The van der Waals surface area contributed by atoms with Crippen LogP contribution in [0.15, 0.2) is 60.9 Å². The van der Waals surface area contributed by atoms with E-state index in [9.17, 15) is 9.59 Å². The molecule has 0 atom stereocenters. The quantitative estimate of drug-likeness (QED) is 0.627. The van der Waals surface area contributed by atoms with Gasteiger partial charge in [-0.3, -0.25) is 14.6 Å². The second-order valence-electron chi connectivity index (χ2n) is 7.82. The maximum atomic E-state index is 13.0. The Morgan fingerprint density at radius 2 is 1.97 bits per heavy atom. The van der Waals surface area contributed by atoms with Gasteiger partial charge < -0.3 is 24.4 Å². The molecule has 2 aliphatic rings. The minimum atomic E-state index is -0.301. The van der Waals surface area contributed by atoms with E-state index in [2.05, 4.69) is 10.3 Å². The molecule has 168 valence electrons. The Morgan fingerprint density at radius 3 is 2.82 bits per heavy atom. The number of pyridine rings is 1. The lowest BCUT2D eigenvalue weighted by Crippen LogP contribution is -2.37. The summed E-state index contributed by atoms with van der Waals surface area (Å²) in [6.45, 7) is 1.90. The highest BCUT2D eigenvalue weighted by molar-refractivity contribution is 5.97. The first-order chi connectivity index (χ1) is 16.2. The van der Waals surface area contributed by atoms with Crippen molar-refractivity contribution in [1.29, 1.82) is 0 Å². The number of benzene rings is 2. The Hall–Kier alpha value is -4.07. The minimum absolute atomic E-state index is 0.0497. The van der Waals surface area contributed by atoms with Crippen LogP contribution in [0.4, 0.5) is 5.69 Å². The number of nitrogens with one attached hydrogen (secondary N) is 1. The Kier molecular flexibility index (Phi) is 5.80. The molecular weight excluding hydrogens is 422 g/mol. The topological polar surface area (TPSA) is 90.0 Å². The van der Waals surface area contributed by atoms with Crippen molar-refractivity contribution >= 4 is 17.5 Å². The number of ether oxygens (including phenoxy) is 3. The highest BCUT2D eigenvalue weighted by atomic mass is 16.6. The predicted molar refractivity (Wildman–Crippen MR) is 121 cm³/mol. The maximum Gasteiger partial charge on any atom is 0.262 e. The summed E-state index contributed by atoms with van der Waals surface area (Å²) in [5, 5.41) is 2.80. The lowest BCUT2D eigenvalue weighted by molar-refractivity contribution is -0.118. The van der Waals surface area contributed by atoms with E-state index in [1.807, 2.05) is 12.1 Å². The van der Waals surface area contributed by atoms with Crippen molar-refractivity contribution < 1.29 is 23.8 Å². The van der Waals surface area contributed by atoms with Crippen LogP contribution in [-0.2, 0) is 17.8 Å². The van der Waals surface area contributed by atoms with E-state index in [1.165, 1.54) is 0 Å². The monoisotopic (exact) mass is 445 g/mol. The summed E-state index contributed by atoms with van der Waals surface area (Å²) in [5.74, 6) is 1.47. The van der Waals surface area contributed by atoms with Crippen molar-refractivity contribution in [3.8, 4) is 17.2 Å². The van der Waals surface area contributed by atoms with E-state index < -0.39 is 0 Å². The first-order valence-corrected chi connectivity index (χ1v) is 10.8. The fourth-order valence-electron chi connectivity index (χ4n) is 4.00. The van der Waals surface area contributed by atoms with Crippen molar-refractivity contribution in [3.63, 3.8) is 0 Å². The fraction of sp³-hybridized carbons (Fsp3) is 0.240. The molecule has 0 aliphatic carbocycles. The van der Waals surface area contributed by atoms with Gasteiger partial charge in [0.1, 0.15) is 19.0 Å². The zero-order valence-corrected chi connectivity index (χ0v) is 18.0. The van der Waals surface area contributed by atoms with E-state index in [-0.39, 0.29) is 18.4 Å². The molecule has 0 saturated carbocycles. The lowest BCUT2D eigenvalue weighted by Gasteiger charge is -2.29. The molecule has 0 radical (unpaired) electrons. The van der Waals surface area contributed by atoms with Crippen LogP contribution in [-0.4, -0.2) is 48.1 Å². The average molecular weight is 445 g/mol. The number of rotatable bonds is 6. The van der Waals surface area contributed by atoms with Crippen LogP contribution in [0.3, 0.4) is 0 Å². The Morgan fingerprint density at radius 1 is 1.09 bits per heavy atom.